The number of benzene rings is 1. The summed E-state index contributed by atoms with van der Waals surface area (Å²) in [6, 6.07) is 7.57. The van der Waals surface area contributed by atoms with Crippen LogP contribution in [0.5, 0.6) is 5.75 Å². The highest BCUT2D eigenvalue weighted by Crippen LogP contribution is 2.34. The summed E-state index contributed by atoms with van der Waals surface area (Å²) in [4.78, 5) is 14.3. The third kappa shape index (κ3) is 3.00. The lowest BCUT2D eigenvalue weighted by atomic mass is 9.97. The van der Waals surface area contributed by atoms with Gasteiger partial charge >= 0.3 is 0 Å². The Bertz CT molecular complexity index is 739. The summed E-state index contributed by atoms with van der Waals surface area (Å²) in [5.41, 5.74) is 0.842. The Hall–Kier alpha value is -2.37. The number of carbonyl (C=O) groups excluding carboxylic acids is 1. The van der Waals surface area contributed by atoms with Crippen molar-refractivity contribution in [3.8, 4) is 17.2 Å². The molecule has 0 bridgehead atoms. The van der Waals surface area contributed by atoms with E-state index in [2.05, 4.69) is 10.2 Å². The van der Waals surface area contributed by atoms with E-state index in [0.717, 1.165) is 43.5 Å². The van der Waals surface area contributed by atoms with Gasteiger partial charge < -0.3 is 14.1 Å². The fourth-order valence-corrected chi connectivity index (χ4v) is 3.24. The smallest absolute Gasteiger partial charge is 0.247 e. The van der Waals surface area contributed by atoms with E-state index in [9.17, 15) is 4.79 Å². The van der Waals surface area contributed by atoms with Gasteiger partial charge in [-0.15, -0.1) is 10.2 Å². The van der Waals surface area contributed by atoms with E-state index in [1.165, 1.54) is 0 Å². The van der Waals surface area contributed by atoms with E-state index in [1.807, 2.05) is 29.2 Å². The molecule has 1 aliphatic carbocycles. The molecule has 2 heterocycles. The highest BCUT2D eigenvalue weighted by Gasteiger charge is 2.36. The number of nitrogens with zero attached hydrogens (tertiary/aromatic N) is 3. The lowest BCUT2D eigenvalue weighted by Crippen LogP contribution is -2.40. The number of hydrogen-bond acceptors (Lipinski definition) is 5. The molecule has 4 rings (SSSR count). The molecule has 1 atom stereocenters. The lowest BCUT2D eigenvalue weighted by molar-refractivity contribution is -0.133. The number of ether oxygens (including phenoxy) is 1. The first kappa shape index (κ1) is 15.2. The van der Waals surface area contributed by atoms with Gasteiger partial charge in [-0.25, -0.2) is 0 Å². The van der Waals surface area contributed by atoms with E-state index in [1.54, 1.807) is 7.11 Å². The highest BCUT2D eigenvalue weighted by molar-refractivity contribution is 5.81. The zero-order valence-corrected chi connectivity index (χ0v) is 13.8. The van der Waals surface area contributed by atoms with Gasteiger partial charge in [0.1, 0.15) is 5.75 Å². The van der Waals surface area contributed by atoms with Crippen molar-refractivity contribution < 1.29 is 13.9 Å². The van der Waals surface area contributed by atoms with Crippen LogP contribution in [0.2, 0.25) is 0 Å². The molecule has 1 aliphatic heterocycles. The normalized spacial score (nSPS) is 20.9. The fourth-order valence-electron chi connectivity index (χ4n) is 3.24. The maximum Gasteiger partial charge on any atom is 0.247 e. The van der Waals surface area contributed by atoms with Crippen LogP contribution in [0.15, 0.2) is 28.7 Å². The number of carbonyl (C=O) groups is 1. The van der Waals surface area contributed by atoms with Crippen molar-refractivity contribution in [3.63, 3.8) is 0 Å². The second-order valence-corrected chi connectivity index (χ2v) is 6.58. The molecule has 1 saturated heterocycles. The maximum absolute atomic E-state index is 12.3. The maximum atomic E-state index is 12.3. The van der Waals surface area contributed by atoms with Crippen molar-refractivity contribution >= 4 is 5.91 Å². The quantitative estimate of drug-likeness (QED) is 0.864. The first-order valence-electron chi connectivity index (χ1n) is 8.51. The second kappa shape index (κ2) is 6.26. The topological polar surface area (TPSA) is 68.5 Å². The summed E-state index contributed by atoms with van der Waals surface area (Å²) < 4.78 is 11.1. The number of aromatic nitrogens is 2. The number of hydrogen-bond donors (Lipinski definition) is 0. The number of methoxy groups -OCH3 is 1. The third-order valence-electron chi connectivity index (χ3n) is 4.77. The molecule has 126 valence electrons. The lowest BCUT2D eigenvalue weighted by Gasteiger charge is -2.31. The van der Waals surface area contributed by atoms with E-state index in [0.29, 0.717) is 24.2 Å². The van der Waals surface area contributed by atoms with Crippen LogP contribution >= 0.6 is 0 Å². The molecule has 0 radical (unpaired) electrons. The molecule has 6 nitrogen and oxygen atoms in total. The minimum Gasteiger partial charge on any atom is -0.497 e. The molecule has 0 N–H and O–H groups in total. The average molecular weight is 327 g/mol. The van der Waals surface area contributed by atoms with E-state index < -0.39 is 0 Å². The predicted molar refractivity (Wildman–Crippen MR) is 87.6 cm³/mol. The number of rotatable bonds is 4. The van der Waals surface area contributed by atoms with Gasteiger partial charge in [-0.2, -0.15) is 0 Å². The van der Waals surface area contributed by atoms with Crippen molar-refractivity contribution in [2.45, 2.75) is 31.6 Å². The highest BCUT2D eigenvalue weighted by atomic mass is 16.5. The first-order valence-corrected chi connectivity index (χ1v) is 8.51. The van der Waals surface area contributed by atoms with Gasteiger partial charge in [-0.3, -0.25) is 4.79 Å². The van der Waals surface area contributed by atoms with E-state index in [4.69, 9.17) is 9.15 Å². The molecule has 2 fully saturated rings. The monoisotopic (exact) mass is 327 g/mol. The van der Waals surface area contributed by atoms with Crippen LogP contribution in [0.25, 0.3) is 11.5 Å². The second-order valence-electron chi connectivity index (χ2n) is 6.58. The minimum absolute atomic E-state index is 0.133. The first-order chi connectivity index (χ1) is 11.7. The molecule has 1 aromatic heterocycles. The minimum atomic E-state index is 0.133. The van der Waals surface area contributed by atoms with Crippen LogP contribution < -0.4 is 4.74 Å². The SMILES string of the molecule is COc1cccc(-c2nnc([C@@H]3CCCN(C(=O)C4CC4)C3)o2)c1. The van der Waals surface area contributed by atoms with Crippen LogP contribution in [-0.4, -0.2) is 41.2 Å². The van der Waals surface area contributed by atoms with Crippen molar-refractivity contribution in [2.24, 2.45) is 5.92 Å². The van der Waals surface area contributed by atoms with Gasteiger partial charge in [0.05, 0.1) is 13.0 Å². The molecule has 1 aromatic carbocycles. The Balaban J connectivity index is 1.50. The van der Waals surface area contributed by atoms with Gasteiger partial charge in [-0.1, -0.05) is 6.07 Å². The molecule has 0 spiro atoms. The number of likely N-dealkylation sites (tertiary alicyclic amines) is 1. The molecular weight excluding hydrogens is 306 g/mol. The van der Waals surface area contributed by atoms with Crippen molar-refractivity contribution in [3.05, 3.63) is 30.2 Å². The summed E-state index contributed by atoms with van der Waals surface area (Å²) in [7, 11) is 1.63. The molecular formula is C18H21N3O3. The summed E-state index contributed by atoms with van der Waals surface area (Å²) in [6.07, 6.45) is 4.05. The summed E-state index contributed by atoms with van der Waals surface area (Å²) in [5.74, 6) is 2.57. The molecule has 1 saturated carbocycles. The van der Waals surface area contributed by atoms with Crippen molar-refractivity contribution in [2.75, 3.05) is 20.2 Å². The summed E-state index contributed by atoms with van der Waals surface area (Å²) >= 11 is 0. The van der Waals surface area contributed by atoms with Gasteiger partial charge in [0.15, 0.2) is 0 Å². The van der Waals surface area contributed by atoms with Crippen molar-refractivity contribution in [1.82, 2.24) is 15.1 Å². The van der Waals surface area contributed by atoms with Gasteiger partial charge in [0.25, 0.3) is 0 Å². The van der Waals surface area contributed by atoms with Crippen LogP contribution in [0.1, 0.15) is 37.5 Å². The fraction of sp³-hybridized carbons (Fsp3) is 0.500. The van der Waals surface area contributed by atoms with E-state index >= 15 is 0 Å². The summed E-state index contributed by atoms with van der Waals surface area (Å²) in [5, 5.41) is 8.41. The van der Waals surface area contributed by atoms with Crippen molar-refractivity contribution in [1.29, 1.82) is 0 Å². The standard InChI is InChI=1S/C18H21N3O3/c1-23-15-6-2-4-13(10-15)16-19-20-17(24-16)14-5-3-9-21(11-14)18(22)12-7-8-12/h2,4,6,10,12,14H,3,5,7-9,11H2,1H3/t14-/m1/s1. The van der Waals surface area contributed by atoms with Crippen LogP contribution in [0.3, 0.4) is 0 Å². The average Bonchev–Trinajstić information content (AvgIpc) is 3.37. The Morgan fingerprint density at radius 1 is 1.29 bits per heavy atom. The Labute approximate surface area is 140 Å². The Morgan fingerprint density at radius 2 is 2.17 bits per heavy atom. The predicted octanol–water partition coefficient (Wildman–Crippen LogP) is 2.86. The van der Waals surface area contributed by atoms with Gasteiger partial charge in [-0.05, 0) is 43.9 Å². The number of amides is 1. The number of piperidine rings is 1. The van der Waals surface area contributed by atoms with E-state index in [-0.39, 0.29) is 11.8 Å². The zero-order valence-electron chi connectivity index (χ0n) is 13.8. The molecule has 2 aliphatic rings. The van der Waals surface area contributed by atoms with Gasteiger partial charge in [0.2, 0.25) is 17.7 Å². The molecule has 2 aromatic rings. The molecule has 1 amide bonds. The Kier molecular flexibility index (Phi) is 3.96. The molecule has 0 unspecified atom stereocenters. The summed E-state index contributed by atoms with van der Waals surface area (Å²) in [6.45, 7) is 1.54. The molecule has 6 heteroatoms. The van der Waals surface area contributed by atoms with Gasteiger partial charge in [0, 0.05) is 24.6 Å². The van der Waals surface area contributed by atoms with Crippen LogP contribution in [0, 0.1) is 5.92 Å². The van der Waals surface area contributed by atoms with Crippen LogP contribution in [-0.2, 0) is 4.79 Å². The molecule has 24 heavy (non-hydrogen) atoms. The third-order valence-corrected chi connectivity index (χ3v) is 4.77. The largest absolute Gasteiger partial charge is 0.497 e. The van der Waals surface area contributed by atoms with Crippen LogP contribution in [0.4, 0.5) is 0 Å². The zero-order chi connectivity index (χ0) is 16.5. The Morgan fingerprint density at radius 3 is 2.96 bits per heavy atom.